The van der Waals surface area contributed by atoms with E-state index in [2.05, 4.69) is 29.9 Å². The smallest absolute Gasteiger partial charge is 0.0933 e. The maximum Gasteiger partial charge on any atom is 0.0933 e. The molecule has 1 aliphatic carbocycles. The summed E-state index contributed by atoms with van der Waals surface area (Å²) in [6.45, 7) is 7.21. The van der Waals surface area contributed by atoms with E-state index in [4.69, 9.17) is 0 Å². The Hall–Kier alpha value is -0.670. The van der Waals surface area contributed by atoms with Gasteiger partial charge in [-0.2, -0.15) is 0 Å². The minimum absolute atomic E-state index is 0.139. The predicted octanol–water partition coefficient (Wildman–Crippen LogP) is 2.63. The third-order valence-corrected chi connectivity index (χ3v) is 3.68. The molecule has 1 aliphatic rings. The Kier molecular flexibility index (Phi) is 3.22. The van der Waals surface area contributed by atoms with Crippen molar-refractivity contribution in [2.24, 2.45) is 5.41 Å². The summed E-state index contributed by atoms with van der Waals surface area (Å²) in [6.07, 6.45) is 7.60. The summed E-state index contributed by atoms with van der Waals surface area (Å²) in [5.74, 6) is 0. The Morgan fingerprint density at radius 1 is 1.73 bits per heavy atom. The van der Waals surface area contributed by atoms with Crippen LogP contribution in [-0.4, -0.2) is 17.6 Å². The van der Waals surface area contributed by atoms with Gasteiger partial charge in [-0.25, -0.2) is 4.98 Å². The van der Waals surface area contributed by atoms with Gasteiger partial charge in [-0.3, -0.25) is 0 Å². The van der Waals surface area contributed by atoms with E-state index in [-0.39, 0.29) is 5.41 Å². The fraction of sp³-hybridized carbons (Fsp3) is 0.583. The average molecular weight is 222 g/mol. The van der Waals surface area contributed by atoms with Crippen molar-refractivity contribution in [1.29, 1.82) is 0 Å². The number of aromatic nitrogens is 1. The minimum atomic E-state index is 0.139. The number of rotatable bonds is 6. The van der Waals surface area contributed by atoms with Crippen LogP contribution in [0.4, 0.5) is 0 Å². The Morgan fingerprint density at radius 3 is 3.07 bits per heavy atom. The van der Waals surface area contributed by atoms with Crippen LogP contribution in [-0.2, 0) is 6.42 Å². The Balaban J connectivity index is 1.90. The van der Waals surface area contributed by atoms with Gasteiger partial charge in [0.15, 0.2) is 0 Å². The van der Waals surface area contributed by atoms with Crippen molar-refractivity contribution in [3.05, 3.63) is 29.2 Å². The molecular weight excluding hydrogens is 204 g/mol. The van der Waals surface area contributed by atoms with Crippen LogP contribution in [0, 0.1) is 5.41 Å². The van der Waals surface area contributed by atoms with Crippen molar-refractivity contribution < 1.29 is 0 Å². The van der Waals surface area contributed by atoms with Crippen molar-refractivity contribution in [3.63, 3.8) is 0 Å². The summed E-state index contributed by atoms with van der Waals surface area (Å²) < 4.78 is 0. The molecule has 0 saturated heterocycles. The van der Waals surface area contributed by atoms with Crippen LogP contribution in [0.2, 0.25) is 0 Å². The molecular formula is C12H18N2S. The third-order valence-electron chi connectivity index (χ3n) is 2.90. The lowest BCUT2D eigenvalue weighted by molar-refractivity contribution is 0.388. The van der Waals surface area contributed by atoms with Crippen LogP contribution in [0.1, 0.15) is 24.8 Å². The van der Waals surface area contributed by atoms with Crippen molar-refractivity contribution in [1.82, 2.24) is 10.3 Å². The number of hydrogen-bond donors (Lipinski definition) is 1. The fourth-order valence-electron chi connectivity index (χ4n) is 1.56. The van der Waals surface area contributed by atoms with Crippen LogP contribution >= 0.6 is 11.3 Å². The van der Waals surface area contributed by atoms with Crippen LogP contribution in [0.25, 0.3) is 0 Å². The van der Waals surface area contributed by atoms with E-state index in [0.717, 1.165) is 19.0 Å². The lowest BCUT2D eigenvalue weighted by Gasteiger charge is -2.25. The van der Waals surface area contributed by atoms with Gasteiger partial charge in [0, 0.05) is 36.0 Å². The van der Waals surface area contributed by atoms with Gasteiger partial charge in [0.25, 0.3) is 0 Å². The van der Waals surface area contributed by atoms with Gasteiger partial charge in [-0.1, -0.05) is 13.0 Å². The van der Waals surface area contributed by atoms with Crippen LogP contribution in [0.3, 0.4) is 0 Å². The molecule has 1 unspecified atom stereocenters. The first-order valence-corrected chi connectivity index (χ1v) is 6.35. The maximum absolute atomic E-state index is 4.33. The van der Waals surface area contributed by atoms with Crippen molar-refractivity contribution in [2.75, 3.05) is 6.54 Å². The molecule has 1 heterocycles. The highest BCUT2D eigenvalue weighted by molar-refractivity contribution is 7.09. The molecule has 2 rings (SSSR count). The van der Waals surface area contributed by atoms with Crippen molar-refractivity contribution in [3.8, 4) is 0 Å². The molecule has 0 bridgehead atoms. The van der Waals surface area contributed by atoms with E-state index in [1.54, 1.807) is 11.3 Å². The molecule has 82 valence electrons. The number of nitrogens with one attached hydrogen (secondary N) is 1. The lowest BCUT2D eigenvalue weighted by atomic mass is 9.87. The van der Waals surface area contributed by atoms with Crippen LogP contribution < -0.4 is 5.32 Å². The minimum Gasteiger partial charge on any atom is -0.313 e. The normalized spacial score (nSPS) is 19.8. The zero-order valence-corrected chi connectivity index (χ0v) is 10.0. The zero-order valence-electron chi connectivity index (χ0n) is 9.20. The van der Waals surface area contributed by atoms with E-state index in [9.17, 15) is 0 Å². The molecule has 1 atom stereocenters. The molecule has 1 saturated carbocycles. The quantitative estimate of drug-likeness (QED) is 0.748. The predicted molar refractivity (Wildman–Crippen MR) is 65.1 cm³/mol. The summed E-state index contributed by atoms with van der Waals surface area (Å²) in [5.41, 5.74) is 0.139. The van der Waals surface area contributed by atoms with E-state index < -0.39 is 0 Å². The van der Waals surface area contributed by atoms with Crippen molar-refractivity contribution >= 4 is 11.3 Å². The summed E-state index contributed by atoms with van der Waals surface area (Å²) in [6, 6.07) is 0.764. The molecule has 0 amide bonds. The topological polar surface area (TPSA) is 24.9 Å². The SMILES string of the molecule is C=CC(C)(CNC1CC1)Cc1nccs1. The highest BCUT2D eigenvalue weighted by Crippen LogP contribution is 2.26. The van der Waals surface area contributed by atoms with Gasteiger partial charge in [0.05, 0.1) is 5.01 Å². The second-order valence-electron chi connectivity index (χ2n) is 4.62. The van der Waals surface area contributed by atoms with E-state index in [1.165, 1.54) is 17.8 Å². The third kappa shape index (κ3) is 3.14. The first kappa shape index (κ1) is 10.8. The zero-order chi connectivity index (χ0) is 10.7. The number of nitrogens with zero attached hydrogens (tertiary/aromatic N) is 1. The van der Waals surface area contributed by atoms with Gasteiger partial charge in [0.2, 0.25) is 0 Å². The Bertz CT molecular complexity index is 316. The maximum atomic E-state index is 4.33. The summed E-state index contributed by atoms with van der Waals surface area (Å²) in [5, 5.41) is 6.80. The summed E-state index contributed by atoms with van der Waals surface area (Å²) >= 11 is 1.73. The lowest BCUT2D eigenvalue weighted by Crippen LogP contribution is -2.33. The van der Waals surface area contributed by atoms with Gasteiger partial charge >= 0.3 is 0 Å². The molecule has 2 nitrogen and oxygen atoms in total. The van der Waals surface area contributed by atoms with Gasteiger partial charge in [-0.15, -0.1) is 17.9 Å². The van der Waals surface area contributed by atoms with E-state index in [0.29, 0.717) is 0 Å². The molecule has 1 N–H and O–H groups in total. The first-order valence-electron chi connectivity index (χ1n) is 5.47. The number of thiazole rings is 1. The average Bonchev–Trinajstić information content (AvgIpc) is 2.94. The van der Waals surface area contributed by atoms with E-state index >= 15 is 0 Å². The molecule has 3 heteroatoms. The Morgan fingerprint density at radius 2 is 2.53 bits per heavy atom. The van der Waals surface area contributed by atoms with E-state index in [1.807, 2.05) is 11.6 Å². The largest absolute Gasteiger partial charge is 0.313 e. The molecule has 1 aromatic heterocycles. The highest BCUT2D eigenvalue weighted by atomic mass is 32.1. The molecule has 15 heavy (non-hydrogen) atoms. The summed E-state index contributed by atoms with van der Waals surface area (Å²) in [7, 11) is 0. The van der Waals surface area contributed by atoms with Crippen LogP contribution in [0.15, 0.2) is 24.2 Å². The molecule has 0 aromatic carbocycles. The molecule has 0 radical (unpaired) electrons. The Labute approximate surface area is 95.4 Å². The first-order chi connectivity index (χ1) is 7.22. The van der Waals surface area contributed by atoms with Gasteiger partial charge in [0.1, 0.15) is 0 Å². The molecule has 1 fully saturated rings. The monoisotopic (exact) mass is 222 g/mol. The fourth-order valence-corrected chi connectivity index (χ4v) is 2.37. The molecule has 0 aliphatic heterocycles. The van der Waals surface area contributed by atoms with Crippen LogP contribution in [0.5, 0.6) is 0 Å². The molecule has 1 aromatic rings. The van der Waals surface area contributed by atoms with Gasteiger partial charge < -0.3 is 5.32 Å². The number of hydrogen-bond acceptors (Lipinski definition) is 3. The standard InChI is InChI=1S/C12H18N2S/c1-3-12(2,9-14-10-4-5-10)8-11-13-6-7-15-11/h3,6-7,10,14H,1,4-5,8-9H2,2H3. The second-order valence-corrected chi connectivity index (χ2v) is 5.60. The second kappa shape index (κ2) is 4.45. The summed E-state index contributed by atoms with van der Waals surface area (Å²) in [4.78, 5) is 4.33. The molecule has 0 spiro atoms. The van der Waals surface area contributed by atoms with Gasteiger partial charge in [-0.05, 0) is 12.8 Å². The van der Waals surface area contributed by atoms with Crippen molar-refractivity contribution in [2.45, 2.75) is 32.2 Å². The highest BCUT2D eigenvalue weighted by Gasteiger charge is 2.27.